The van der Waals surface area contributed by atoms with Crippen LogP contribution in [-0.2, 0) is 0 Å². The number of phenols is 1. The van der Waals surface area contributed by atoms with Gasteiger partial charge >= 0.3 is 0 Å². The van der Waals surface area contributed by atoms with Crippen LogP contribution in [-0.4, -0.2) is 15.1 Å². The molecule has 0 saturated carbocycles. The molecule has 0 radical (unpaired) electrons. The van der Waals surface area contributed by atoms with Crippen molar-refractivity contribution in [3.63, 3.8) is 0 Å². The van der Waals surface area contributed by atoms with E-state index in [1.54, 1.807) is 18.5 Å². The molecule has 116 valence electrons. The third kappa shape index (κ3) is 2.42. The fourth-order valence-corrected chi connectivity index (χ4v) is 2.63. The van der Waals surface area contributed by atoms with Gasteiger partial charge in [-0.15, -0.1) is 0 Å². The molecule has 0 unspecified atom stereocenters. The van der Waals surface area contributed by atoms with Gasteiger partial charge in [0.1, 0.15) is 28.8 Å². The number of hydrogen-bond donors (Lipinski definition) is 1. The summed E-state index contributed by atoms with van der Waals surface area (Å²) in [5.74, 6) is 0.327. The second-order valence-corrected chi connectivity index (χ2v) is 5.34. The molecule has 0 aliphatic heterocycles. The lowest BCUT2D eigenvalue weighted by Gasteiger charge is -2.07. The molecule has 1 N–H and O–H groups in total. The summed E-state index contributed by atoms with van der Waals surface area (Å²) < 4.78 is 5.87. The largest absolute Gasteiger partial charge is 0.507 e. The molecule has 0 aliphatic rings. The summed E-state index contributed by atoms with van der Waals surface area (Å²) in [6, 6.07) is 14.0. The standard InChI is InChI=1S/C19H12N2O3/c22-15-6-13(14-9-20-11-21-10-14)7-18-19(15)16(23)8-17(24-18)12-4-2-1-3-5-12/h1-11,22H. The quantitative estimate of drug-likeness (QED) is 0.611. The highest BCUT2D eigenvalue weighted by atomic mass is 16.3. The Labute approximate surface area is 136 Å². The van der Waals surface area contributed by atoms with Gasteiger partial charge in [0, 0.05) is 29.6 Å². The summed E-state index contributed by atoms with van der Waals surface area (Å²) in [5, 5.41) is 10.4. The zero-order chi connectivity index (χ0) is 16.5. The molecule has 5 heteroatoms. The van der Waals surface area contributed by atoms with Crippen LogP contribution < -0.4 is 5.43 Å². The van der Waals surface area contributed by atoms with Crippen molar-refractivity contribution in [3.8, 4) is 28.2 Å². The van der Waals surface area contributed by atoms with Crippen molar-refractivity contribution in [1.82, 2.24) is 9.97 Å². The molecule has 0 aliphatic carbocycles. The maximum atomic E-state index is 12.4. The number of fused-ring (bicyclic) bond motifs is 1. The summed E-state index contributed by atoms with van der Waals surface area (Å²) in [7, 11) is 0. The fourth-order valence-electron chi connectivity index (χ4n) is 2.63. The Morgan fingerprint density at radius 2 is 1.62 bits per heavy atom. The van der Waals surface area contributed by atoms with Gasteiger partial charge in [0.05, 0.1) is 0 Å². The molecule has 0 amide bonds. The molecule has 24 heavy (non-hydrogen) atoms. The maximum Gasteiger partial charge on any atom is 0.197 e. The first-order valence-electron chi connectivity index (χ1n) is 7.34. The van der Waals surface area contributed by atoms with Gasteiger partial charge in [-0.2, -0.15) is 0 Å². The summed E-state index contributed by atoms with van der Waals surface area (Å²) in [4.78, 5) is 20.3. The maximum absolute atomic E-state index is 12.4. The molecular formula is C19H12N2O3. The van der Waals surface area contributed by atoms with Gasteiger partial charge < -0.3 is 9.52 Å². The summed E-state index contributed by atoms with van der Waals surface area (Å²) in [5.41, 5.74) is 2.23. The van der Waals surface area contributed by atoms with Crippen LogP contribution >= 0.6 is 0 Å². The first-order valence-corrected chi connectivity index (χ1v) is 7.34. The Kier molecular flexibility index (Phi) is 3.31. The van der Waals surface area contributed by atoms with E-state index in [2.05, 4.69) is 9.97 Å². The molecule has 2 aromatic heterocycles. The van der Waals surface area contributed by atoms with Crippen LogP contribution in [0.2, 0.25) is 0 Å². The first-order chi connectivity index (χ1) is 11.7. The number of rotatable bonds is 2. The van der Waals surface area contributed by atoms with E-state index in [9.17, 15) is 9.90 Å². The van der Waals surface area contributed by atoms with Crippen LogP contribution in [0.3, 0.4) is 0 Å². The van der Waals surface area contributed by atoms with Gasteiger partial charge in [-0.25, -0.2) is 9.97 Å². The summed E-state index contributed by atoms with van der Waals surface area (Å²) >= 11 is 0. The molecule has 2 aromatic carbocycles. The monoisotopic (exact) mass is 316 g/mol. The smallest absolute Gasteiger partial charge is 0.197 e. The predicted molar refractivity (Wildman–Crippen MR) is 90.6 cm³/mol. The van der Waals surface area contributed by atoms with Crippen molar-refractivity contribution in [1.29, 1.82) is 0 Å². The summed E-state index contributed by atoms with van der Waals surface area (Å²) in [6.07, 6.45) is 4.69. The van der Waals surface area contributed by atoms with Crippen molar-refractivity contribution in [2.45, 2.75) is 0 Å². The van der Waals surface area contributed by atoms with Crippen molar-refractivity contribution in [2.24, 2.45) is 0 Å². The van der Waals surface area contributed by atoms with E-state index in [-0.39, 0.29) is 16.6 Å². The Morgan fingerprint density at radius 1 is 0.875 bits per heavy atom. The molecule has 0 bridgehead atoms. The van der Waals surface area contributed by atoms with Gasteiger partial charge in [-0.3, -0.25) is 4.79 Å². The molecule has 0 saturated heterocycles. The van der Waals surface area contributed by atoms with Gasteiger partial charge in [-0.05, 0) is 17.7 Å². The highest BCUT2D eigenvalue weighted by Gasteiger charge is 2.13. The lowest BCUT2D eigenvalue weighted by Crippen LogP contribution is -2.01. The average molecular weight is 316 g/mol. The lowest BCUT2D eigenvalue weighted by atomic mass is 10.0. The van der Waals surface area contributed by atoms with Crippen molar-refractivity contribution < 1.29 is 9.52 Å². The van der Waals surface area contributed by atoms with Crippen LogP contribution in [0.1, 0.15) is 0 Å². The van der Waals surface area contributed by atoms with Crippen molar-refractivity contribution in [2.75, 3.05) is 0 Å². The zero-order valence-corrected chi connectivity index (χ0v) is 12.5. The molecule has 0 atom stereocenters. The summed E-state index contributed by atoms with van der Waals surface area (Å²) in [6.45, 7) is 0. The number of hydrogen-bond acceptors (Lipinski definition) is 5. The van der Waals surface area contributed by atoms with Crippen LogP contribution in [0, 0.1) is 0 Å². The van der Waals surface area contributed by atoms with E-state index in [1.165, 1.54) is 18.5 Å². The second kappa shape index (κ2) is 5.62. The molecular weight excluding hydrogens is 304 g/mol. The van der Waals surface area contributed by atoms with E-state index in [0.717, 1.165) is 11.1 Å². The Hall–Kier alpha value is -3.47. The predicted octanol–water partition coefficient (Wildman–Crippen LogP) is 3.62. The van der Waals surface area contributed by atoms with Gasteiger partial charge in [-0.1, -0.05) is 30.3 Å². The number of aromatic nitrogens is 2. The molecule has 4 aromatic rings. The Morgan fingerprint density at radius 3 is 2.38 bits per heavy atom. The number of phenolic OH excluding ortho intramolecular Hbond substituents is 1. The van der Waals surface area contributed by atoms with E-state index in [4.69, 9.17) is 4.42 Å². The van der Waals surface area contributed by atoms with E-state index < -0.39 is 0 Å². The second-order valence-electron chi connectivity index (χ2n) is 5.34. The zero-order valence-electron chi connectivity index (χ0n) is 12.5. The van der Waals surface area contributed by atoms with Gasteiger partial charge in [0.25, 0.3) is 0 Å². The third-order valence-electron chi connectivity index (χ3n) is 3.76. The molecule has 4 rings (SSSR count). The first kappa shape index (κ1) is 14.1. The third-order valence-corrected chi connectivity index (χ3v) is 3.76. The topological polar surface area (TPSA) is 76.2 Å². The number of benzene rings is 2. The average Bonchev–Trinajstić information content (AvgIpc) is 2.62. The number of aromatic hydroxyl groups is 1. The SMILES string of the molecule is O=c1cc(-c2ccccc2)oc2cc(-c3cncnc3)cc(O)c12. The van der Waals surface area contributed by atoms with Crippen molar-refractivity contribution >= 4 is 11.0 Å². The minimum absolute atomic E-state index is 0.125. The Balaban J connectivity index is 1.98. The highest BCUT2D eigenvalue weighted by molar-refractivity contribution is 5.89. The van der Waals surface area contributed by atoms with Crippen molar-refractivity contribution in [3.05, 3.63) is 77.5 Å². The lowest BCUT2D eigenvalue weighted by molar-refractivity contribution is 0.480. The fraction of sp³-hybridized carbons (Fsp3) is 0. The van der Waals surface area contributed by atoms with Crippen LogP contribution in [0.5, 0.6) is 5.75 Å². The highest BCUT2D eigenvalue weighted by Crippen LogP contribution is 2.31. The minimum Gasteiger partial charge on any atom is -0.507 e. The van der Waals surface area contributed by atoms with E-state index >= 15 is 0 Å². The molecule has 0 fully saturated rings. The Bertz CT molecular complexity index is 1070. The minimum atomic E-state index is -0.288. The number of nitrogens with zero attached hydrogens (tertiary/aromatic N) is 2. The van der Waals surface area contributed by atoms with Crippen LogP contribution in [0.4, 0.5) is 0 Å². The van der Waals surface area contributed by atoms with Crippen LogP contribution in [0.15, 0.2) is 76.5 Å². The van der Waals surface area contributed by atoms with Gasteiger partial charge in [0.15, 0.2) is 5.43 Å². The normalized spacial score (nSPS) is 10.8. The van der Waals surface area contributed by atoms with Crippen LogP contribution in [0.25, 0.3) is 33.4 Å². The van der Waals surface area contributed by atoms with Gasteiger partial charge in [0.2, 0.25) is 0 Å². The van der Waals surface area contributed by atoms with E-state index in [1.807, 2.05) is 30.3 Å². The van der Waals surface area contributed by atoms with E-state index in [0.29, 0.717) is 16.9 Å². The molecule has 0 spiro atoms. The molecule has 2 heterocycles. The molecule has 5 nitrogen and oxygen atoms in total.